The lowest BCUT2D eigenvalue weighted by molar-refractivity contribution is 0.285. The number of anilines is 1. The highest BCUT2D eigenvalue weighted by Gasteiger charge is 2.08. The largest absolute Gasteiger partial charge is 0.477 e. The normalized spacial score (nSPS) is 10.5. The lowest BCUT2D eigenvalue weighted by Crippen LogP contribution is -2.03. The van der Waals surface area contributed by atoms with Gasteiger partial charge in [0.05, 0.1) is 50.1 Å². The molecule has 2 N–H and O–H groups in total. The summed E-state index contributed by atoms with van der Waals surface area (Å²) < 4.78 is 12.9. The van der Waals surface area contributed by atoms with Crippen LogP contribution in [0.15, 0.2) is 26.1 Å². The number of rotatable bonds is 11. The zero-order chi connectivity index (χ0) is 25.7. The Hall–Kier alpha value is -1.54. The van der Waals surface area contributed by atoms with E-state index in [4.69, 9.17) is 15.2 Å². The maximum Gasteiger partial charge on any atom is 0.228 e. The van der Waals surface area contributed by atoms with Crippen LogP contribution in [0.5, 0.6) is 11.8 Å². The number of aryl methyl sites for hydroxylation is 2. The van der Waals surface area contributed by atoms with Crippen molar-refractivity contribution < 1.29 is 9.47 Å². The Morgan fingerprint density at radius 2 is 1.38 bits per heavy atom. The number of halogens is 2. The van der Waals surface area contributed by atoms with Crippen molar-refractivity contribution in [2.24, 2.45) is 16.8 Å². The fraction of sp³-hybridized carbons (Fsp3) is 0.560. The van der Waals surface area contributed by atoms with E-state index < -0.39 is 0 Å². The summed E-state index contributed by atoms with van der Waals surface area (Å²) in [5.41, 5.74) is 8.73. The van der Waals surface area contributed by atoms with E-state index in [-0.39, 0.29) is 0 Å². The summed E-state index contributed by atoms with van der Waals surface area (Å²) in [6.45, 7) is 14.0. The molecule has 2 aromatic heterocycles. The first-order valence-electron chi connectivity index (χ1n) is 11.5. The monoisotopic (exact) mass is 614 g/mol. The molecule has 0 saturated carbocycles. The molecule has 188 valence electrons. The van der Waals surface area contributed by atoms with Crippen molar-refractivity contribution >= 4 is 60.6 Å². The van der Waals surface area contributed by atoms with Crippen LogP contribution in [0.4, 0.5) is 11.4 Å². The van der Waals surface area contributed by atoms with E-state index in [2.05, 4.69) is 91.9 Å². The van der Waals surface area contributed by atoms with Gasteiger partial charge in [0, 0.05) is 0 Å². The number of ether oxygens (including phenoxy) is 2. The average Bonchev–Trinajstić information content (AvgIpc) is 2.75. The van der Waals surface area contributed by atoms with Crippen LogP contribution in [0.2, 0.25) is 0 Å². The molecular formula is C25H36Br2N4O2S. The molecule has 2 heterocycles. The first-order chi connectivity index (χ1) is 16.0. The Bertz CT molecular complexity index is 964. The smallest absolute Gasteiger partial charge is 0.228 e. The minimum atomic E-state index is 0.611. The van der Waals surface area contributed by atoms with Crippen LogP contribution < -0.4 is 15.2 Å². The first kappa shape index (κ1) is 30.5. The van der Waals surface area contributed by atoms with Gasteiger partial charge in [-0.25, -0.2) is 9.97 Å². The number of nitrogen functional groups attached to an aromatic ring is 1. The second kappa shape index (κ2) is 16.2. The highest BCUT2D eigenvalue weighted by molar-refractivity contribution is 9.10. The summed E-state index contributed by atoms with van der Waals surface area (Å²) in [5, 5.41) is 2.34. The van der Waals surface area contributed by atoms with E-state index >= 15 is 0 Å². The molecular weight excluding hydrogens is 580 g/mol. The summed E-state index contributed by atoms with van der Waals surface area (Å²) >= 11 is 11.4. The maximum atomic E-state index is 5.74. The van der Waals surface area contributed by atoms with Crippen LogP contribution in [0.25, 0.3) is 0 Å². The number of nitrogens with two attached hydrogens (primary N) is 1. The van der Waals surface area contributed by atoms with Gasteiger partial charge in [0.25, 0.3) is 0 Å². The van der Waals surface area contributed by atoms with Gasteiger partial charge in [-0.05, 0) is 108 Å². The van der Waals surface area contributed by atoms with Gasteiger partial charge in [-0.15, -0.1) is 0 Å². The van der Waals surface area contributed by atoms with Gasteiger partial charge in [0.1, 0.15) is 0 Å². The summed E-state index contributed by atoms with van der Waals surface area (Å²) in [5.74, 6) is 2.66. The number of aliphatic imine (C=N–C) groups is 1. The van der Waals surface area contributed by atoms with Gasteiger partial charge < -0.3 is 15.2 Å². The Balaban J connectivity index is 0.000000342. The predicted octanol–water partition coefficient (Wildman–Crippen LogP) is 8.25. The number of thiocarbonyl (C=S) groups is 1. The van der Waals surface area contributed by atoms with Crippen LogP contribution in [0.3, 0.4) is 0 Å². The number of aromatic nitrogens is 2. The molecule has 2 rings (SSSR count). The Labute approximate surface area is 226 Å². The fourth-order valence-corrected chi connectivity index (χ4v) is 3.78. The third-order valence-corrected chi connectivity index (χ3v) is 6.00. The van der Waals surface area contributed by atoms with Crippen LogP contribution in [0, 0.1) is 25.7 Å². The van der Waals surface area contributed by atoms with Crippen molar-refractivity contribution in [2.75, 3.05) is 18.9 Å². The van der Waals surface area contributed by atoms with Crippen molar-refractivity contribution in [2.45, 2.75) is 67.2 Å². The Morgan fingerprint density at radius 1 is 0.912 bits per heavy atom. The number of hydrogen-bond acceptors (Lipinski definition) is 7. The predicted molar refractivity (Wildman–Crippen MR) is 152 cm³/mol. The second-order valence-corrected chi connectivity index (χ2v) is 10.7. The Kier molecular flexibility index (Phi) is 14.5. The highest BCUT2D eigenvalue weighted by Crippen LogP contribution is 2.30. The molecule has 0 unspecified atom stereocenters. The van der Waals surface area contributed by atoms with Gasteiger partial charge in [0.2, 0.25) is 11.8 Å². The molecule has 6 nitrogen and oxygen atoms in total. The quantitative estimate of drug-likeness (QED) is 0.156. The molecule has 0 atom stereocenters. The van der Waals surface area contributed by atoms with Crippen molar-refractivity contribution in [3.8, 4) is 11.8 Å². The van der Waals surface area contributed by atoms with E-state index in [0.717, 1.165) is 39.6 Å². The molecule has 0 radical (unpaired) electrons. The van der Waals surface area contributed by atoms with Gasteiger partial charge >= 0.3 is 0 Å². The molecule has 0 saturated heterocycles. The van der Waals surface area contributed by atoms with Crippen LogP contribution >= 0.6 is 44.1 Å². The van der Waals surface area contributed by atoms with Crippen LogP contribution in [-0.4, -0.2) is 28.3 Å². The van der Waals surface area contributed by atoms with E-state index in [9.17, 15) is 0 Å². The van der Waals surface area contributed by atoms with E-state index in [1.165, 1.54) is 6.42 Å². The van der Waals surface area contributed by atoms with Gasteiger partial charge in [0.15, 0.2) is 0 Å². The molecule has 0 aliphatic heterocycles. The van der Waals surface area contributed by atoms with Crippen molar-refractivity contribution in [1.82, 2.24) is 9.97 Å². The minimum Gasteiger partial charge on any atom is -0.477 e. The molecule has 9 heteroatoms. The first-order valence-corrected chi connectivity index (χ1v) is 13.5. The van der Waals surface area contributed by atoms with Gasteiger partial charge in [-0.3, -0.25) is 0 Å². The molecule has 0 fully saturated rings. The lowest BCUT2D eigenvalue weighted by Gasteiger charge is -2.10. The van der Waals surface area contributed by atoms with Gasteiger partial charge in [-0.1, -0.05) is 27.7 Å². The van der Waals surface area contributed by atoms with Crippen LogP contribution in [-0.2, 0) is 0 Å². The zero-order valence-corrected chi connectivity index (χ0v) is 24.9. The number of hydrogen-bond donors (Lipinski definition) is 1. The minimum absolute atomic E-state index is 0.611. The van der Waals surface area contributed by atoms with E-state index in [1.807, 2.05) is 26.0 Å². The summed E-state index contributed by atoms with van der Waals surface area (Å²) in [6, 6.07) is 3.68. The molecule has 0 spiro atoms. The fourth-order valence-electron chi connectivity index (χ4n) is 2.81. The molecule has 0 aliphatic carbocycles. The lowest BCUT2D eigenvalue weighted by atomic mass is 10.1. The summed E-state index contributed by atoms with van der Waals surface area (Å²) in [4.78, 5) is 12.6. The second-order valence-electron chi connectivity index (χ2n) is 8.80. The number of nitrogens with zero attached hydrogens (tertiary/aromatic N) is 3. The third-order valence-electron chi connectivity index (χ3n) is 4.78. The standard InChI is InChI=1S/C13H17BrN2OS.C12H19BrN2O/c1-9(2)5-4-6-17-13-11(14)7-12(15-8-18)10(3)16-13;1-8(2)5-4-6-16-12-10(13)7-11(14)9(3)15-12/h7,9H,4-6H2,1-3H3;7-8H,4-6,14H2,1-3H3. The Morgan fingerprint density at radius 3 is 1.85 bits per heavy atom. The van der Waals surface area contributed by atoms with E-state index in [1.54, 1.807) is 0 Å². The summed E-state index contributed by atoms with van der Waals surface area (Å²) in [7, 11) is 0. The average molecular weight is 616 g/mol. The maximum absolute atomic E-state index is 5.74. The molecule has 34 heavy (non-hydrogen) atoms. The SMILES string of the molecule is Cc1nc(OCCCC(C)C)c(Br)cc1N.Cc1nc(OCCCC(C)C)c(Br)cc1N=C=S. The molecule has 0 bridgehead atoms. The molecule has 0 aliphatic rings. The third kappa shape index (κ3) is 11.7. The molecule has 0 amide bonds. The summed E-state index contributed by atoms with van der Waals surface area (Å²) in [6.07, 6.45) is 4.41. The number of pyridine rings is 2. The van der Waals surface area contributed by atoms with Gasteiger partial charge in [-0.2, -0.15) is 4.99 Å². The number of isothiocyanates is 1. The molecule has 0 aromatic carbocycles. The van der Waals surface area contributed by atoms with Crippen molar-refractivity contribution in [3.63, 3.8) is 0 Å². The molecule has 2 aromatic rings. The van der Waals surface area contributed by atoms with Crippen LogP contribution in [0.1, 0.15) is 64.8 Å². The zero-order valence-electron chi connectivity index (χ0n) is 21.0. The van der Waals surface area contributed by atoms with E-state index in [0.29, 0.717) is 48.2 Å². The topological polar surface area (TPSA) is 82.6 Å². The highest BCUT2D eigenvalue weighted by atomic mass is 79.9. The van der Waals surface area contributed by atoms with Crippen molar-refractivity contribution in [1.29, 1.82) is 0 Å². The van der Waals surface area contributed by atoms with Crippen molar-refractivity contribution in [3.05, 3.63) is 32.5 Å².